The second-order valence-corrected chi connectivity index (χ2v) is 7.08. The molecule has 3 amide bonds. The minimum absolute atomic E-state index is 0.211. The number of methoxy groups -OCH3 is 1. The molecule has 2 aromatic carbocycles. The van der Waals surface area contributed by atoms with Gasteiger partial charge in [-0.25, -0.2) is 4.90 Å². The van der Waals surface area contributed by atoms with Crippen LogP contribution in [-0.2, 0) is 0 Å². The minimum Gasteiger partial charge on any atom is -0.495 e. The van der Waals surface area contributed by atoms with Crippen molar-refractivity contribution < 1.29 is 19.1 Å². The second kappa shape index (κ2) is 6.29. The summed E-state index contributed by atoms with van der Waals surface area (Å²) in [6.07, 6.45) is 0. The van der Waals surface area contributed by atoms with Gasteiger partial charge in [-0.1, -0.05) is 12.1 Å². The van der Waals surface area contributed by atoms with E-state index >= 15 is 0 Å². The zero-order chi connectivity index (χ0) is 19.1. The lowest BCUT2D eigenvalue weighted by Gasteiger charge is -2.20. The monoisotopic (exact) mass is 352 g/mol. The van der Waals surface area contributed by atoms with Crippen molar-refractivity contribution in [2.45, 2.75) is 26.3 Å². The van der Waals surface area contributed by atoms with Crippen LogP contribution in [0.1, 0.15) is 51.8 Å². The van der Waals surface area contributed by atoms with Crippen LogP contribution in [0.3, 0.4) is 0 Å². The van der Waals surface area contributed by atoms with Crippen LogP contribution in [0, 0.1) is 0 Å². The Morgan fingerprint density at radius 3 is 2.31 bits per heavy atom. The highest BCUT2D eigenvalue weighted by molar-refractivity contribution is 6.35. The molecule has 3 rings (SSSR count). The number of nitrogens with one attached hydrogen (secondary N) is 1. The predicted octanol–water partition coefficient (Wildman–Crippen LogP) is 3.02. The summed E-state index contributed by atoms with van der Waals surface area (Å²) >= 11 is 0. The highest BCUT2D eigenvalue weighted by Crippen LogP contribution is 2.34. The summed E-state index contributed by atoms with van der Waals surface area (Å²) in [4.78, 5) is 39.0. The molecular formula is C20H20N2O4. The van der Waals surface area contributed by atoms with Crippen molar-refractivity contribution in [2.24, 2.45) is 0 Å². The number of carbonyl (C=O) groups excluding carboxylic acids is 3. The first-order chi connectivity index (χ1) is 12.2. The molecule has 0 spiro atoms. The fraction of sp³-hybridized carbons (Fsp3) is 0.250. The number of ether oxygens (including phenoxy) is 1. The number of fused-ring (bicyclic) bond motifs is 1. The fourth-order valence-electron chi connectivity index (χ4n) is 2.83. The number of hydrogen-bond donors (Lipinski definition) is 1. The molecule has 1 heterocycles. The molecule has 134 valence electrons. The molecule has 0 atom stereocenters. The van der Waals surface area contributed by atoms with Crippen LogP contribution in [0.5, 0.6) is 5.75 Å². The molecule has 1 aliphatic rings. The Hall–Kier alpha value is -3.15. The highest BCUT2D eigenvalue weighted by atomic mass is 16.5. The lowest BCUT2D eigenvalue weighted by molar-refractivity contribution is 0.0912. The Bertz CT molecular complexity index is 912. The van der Waals surface area contributed by atoms with Crippen LogP contribution in [0.4, 0.5) is 5.69 Å². The summed E-state index contributed by atoms with van der Waals surface area (Å²) in [5.41, 5.74) is 0.790. The summed E-state index contributed by atoms with van der Waals surface area (Å²) in [7, 11) is 1.48. The van der Waals surface area contributed by atoms with E-state index in [0.717, 1.165) is 4.90 Å². The molecule has 6 heteroatoms. The Morgan fingerprint density at radius 1 is 1.00 bits per heavy atom. The van der Waals surface area contributed by atoms with Crippen LogP contribution in [-0.4, -0.2) is 30.4 Å². The summed E-state index contributed by atoms with van der Waals surface area (Å²) in [6.45, 7) is 5.61. The summed E-state index contributed by atoms with van der Waals surface area (Å²) in [5.74, 6) is -0.777. The van der Waals surface area contributed by atoms with E-state index in [1.165, 1.54) is 19.2 Å². The van der Waals surface area contributed by atoms with Crippen molar-refractivity contribution in [1.82, 2.24) is 5.32 Å². The van der Waals surface area contributed by atoms with E-state index < -0.39 is 17.4 Å². The number of carbonyl (C=O) groups is 3. The minimum atomic E-state index is -0.472. The fourth-order valence-corrected chi connectivity index (χ4v) is 2.83. The predicted molar refractivity (Wildman–Crippen MR) is 97.8 cm³/mol. The normalized spacial score (nSPS) is 13.6. The molecule has 6 nitrogen and oxygen atoms in total. The van der Waals surface area contributed by atoms with E-state index in [-0.39, 0.29) is 17.0 Å². The standard InChI is InChI=1S/C20H20N2O4/c1-20(2,3)21-17(23)12-9-10-13-14(11-12)19(25)22(18(13)24)15-7-5-6-8-16(15)26-4/h5-11H,1-4H3,(H,21,23). The van der Waals surface area contributed by atoms with Crippen LogP contribution in [0.2, 0.25) is 0 Å². The maximum atomic E-state index is 12.9. The Labute approximate surface area is 151 Å². The van der Waals surface area contributed by atoms with Gasteiger partial charge in [0.25, 0.3) is 17.7 Å². The smallest absolute Gasteiger partial charge is 0.266 e. The molecule has 0 unspecified atom stereocenters. The average Bonchev–Trinajstić information content (AvgIpc) is 2.84. The first kappa shape index (κ1) is 17.7. The molecule has 0 aromatic heterocycles. The Kier molecular flexibility index (Phi) is 4.28. The molecule has 26 heavy (non-hydrogen) atoms. The van der Waals surface area contributed by atoms with Gasteiger partial charge < -0.3 is 10.1 Å². The van der Waals surface area contributed by atoms with E-state index in [1.54, 1.807) is 30.3 Å². The van der Waals surface area contributed by atoms with Crippen molar-refractivity contribution in [2.75, 3.05) is 12.0 Å². The van der Waals surface area contributed by atoms with Crippen LogP contribution in [0.25, 0.3) is 0 Å². The SMILES string of the molecule is COc1ccccc1N1C(=O)c2ccc(C(=O)NC(C)(C)C)cc2C1=O. The van der Waals surface area contributed by atoms with Crippen molar-refractivity contribution in [3.05, 3.63) is 59.2 Å². The molecule has 1 aliphatic heterocycles. The second-order valence-electron chi connectivity index (χ2n) is 7.08. The first-order valence-corrected chi connectivity index (χ1v) is 8.21. The first-order valence-electron chi connectivity index (χ1n) is 8.21. The zero-order valence-electron chi connectivity index (χ0n) is 15.1. The van der Waals surface area contributed by atoms with E-state index in [9.17, 15) is 14.4 Å². The van der Waals surface area contributed by atoms with Gasteiger partial charge in [0.2, 0.25) is 0 Å². The van der Waals surface area contributed by atoms with Gasteiger partial charge in [-0.05, 0) is 51.1 Å². The maximum absolute atomic E-state index is 12.9. The van der Waals surface area contributed by atoms with Gasteiger partial charge in [-0.15, -0.1) is 0 Å². The summed E-state index contributed by atoms with van der Waals surface area (Å²) < 4.78 is 5.26. The quantitative estimate of drug-likeness (QED) is 0.862. The van der Waals surface area contributed by atoms with Crippen LogP contribution >= 0.6 is 0 Å². The van der Waals surface area contributed by atoms with Gasteiger partial charge in [-0.3, -0.25) is 14.4 Å². The third kappa shape index (κ3) is 3.06. The van der Waals surface area contributed by atoms with Gasteiger partial charge in [0.05, 0.1) is 23.9 Å². The topological polar surface area (TPSA) is 75.7 Å². The van der Waals surface area contributed by atoms with Crippen molar-refractivity contribution in [3.8, 4) is 5.75 Å². The molecule has 0 saturated carbocycles. The molecular weight excluding hydrogens is 332 g/mol. The number of amides is 3. The number of rotatable bonds is 3. The number of nitrogens with zero attached hydrogens (tertiary/aromatic N) is 1. The van der Waals surface area contributed by atoms with Crippen molar-refractivity contribution in [3.63, 3.8) is 0 Å². The van der Waals surface area contributed by atoms with E-state index in [0.29, 0.717) is 17.0 Å². The molecule has 0 fully saturated rings. The van der Waals surface area contributed by atoms with Gasteiger partial charge in [0.15, 0.2) is 0 Å². The molecule has 0 saturated heterocycles. The van der Waals surface area contributed by atoms with Crippen molar-refractivity contribution >= 4 is 23.4 Å². The number of imide groups is 1. The van der Waals surface area contributed by atoms with Crippen molar-refractivity contribution in [1.29, 1.82) is 0 Å². The zero-order valence-corrected chi connectivity index (χ0v) is 15.1. The van der Waals surface area contributed by atoms with Gasteiger partial charge in [-0.2, -0.15) is 0 Å². The number of anilines is 1. The van der Waals surface area contributed by atoms with Crippen LogP contribution in [0.15, 0.2) is 42.5 Å². The third-order valence-corrected chi connectivity index (χ3v) is 3.96. The van der Waals surface area contributed by atoms with Gasteiger partial charge in [0.1, 0.15) is 5.75 Å². The van der Waals surface area contributed by atoms with Gasteiger partial charge >= 0.3 is 0 Å². The van der Waals surface area contributed by atoms with Gasteiger partial charge in [0, 0.05) is 11.1 Å². The molecule has 0 radical (unpaired) electrons. The number of hydrogen-bond acceptors (Lipinski definition) is 4. The largest absolute Gasteiger partial charge is 0.495 e. The molecule has 1 N–H and O–H groups in total. The third-order valence-electron chi connectivity index (χ3n) is 3.96. The highest BCUT2D eigenvalue weighted by Gasteiger charge is 2.38. The molecule has 0 bridgehead atoms. The Morgan fingerprint density at radius 2 is 1.65 bits per heavy atom. The average molecular weight is 352 g/mol. The lowest BCUT2D eigenvalue weighted by atomic mass is 10.0. The molecule has 0 aliphatic carbocycles. The lowest BCUT2D eigenvalue weighted by Crippen LogP contribution is -2.40. The van der Waals surface area contributed by atoms with Crippen LogP contribution < -0.4 is 15.0 Å². The number of para-hydroxylation sites is 2. The van der Waals surface area contributed by atoms with E-state index in [2.05, 4.69) is 5.32 Å². The summed E-state index contributed by atoms with van der Waals surface area (Å²) in [6, 6.07) is 11.3. The molecule has 2 aromatic rings. The summed E-state index contributed by atoms with van der Waals surface area (Å²) in [5, 5.41) is 2.85. The van der Waals surface area contributed by atoms with E-state index in [4.69, 9.17) is 4.74 Å². The number of benzene rings is 2. The van der Waals surface area contributed by atoms with E-state index in [1.807, 2.05) is 20.8 Å². The maximum Gasteiger partial charge on any atom is 0.266 e. The Balaban J connectivity index is 2.00.